The van der Waals surface area contributed by atoms with Crippen molar-refractivity contribution >= 4 is 11.7 Å². The van der Waals surface area contributed by atoms with Gasteiger partial charge < -0.3 is 16.8 Å². The van der Waals surface area contributed by atoms with E-state index in [2.05, 4.69) is 10.3 Å². The average Bonchev–Trinajstić information content (AvgIpc) is 2.26. The minimum absolute atomic E-state index is 0.205. The Morgan fingerprint density at radius 3 is 2.73 bits per heavy atom. The molecule has 0 saturated heterocycles. The predicted octanol–water partition coefficient (Wildman–Crippen LogP) is 0.330. The second-order valence-corrected chi connectivity index (χ2v) is 3.28. The average molecular weight is 208 g/mol. The maximum Gasteiger partial charge on any atom is 0.250 e. The van der Waals surface area contributed by atoms with Crippen LogP contribution in [0.25, 0.3) is 0 Å². The SMILES string of the molecule is CCC(CN)Nc1ccc(C(N)=O)cn1. The van der Waals surface area contributed by atoms with E-state index < -0.39 is 5.91 Å². The van der Waals surface area contributed by atoms with Crippen LogP contribution in [0.5, 0.6) is 0 Å². The highest BCUT2D eigenvalue weighted by molar-refractivity contribution is 5.92. The molecular weight excluding hydrogens is 192 g/mol. The van der Waals surface area contributed by atoms with Crippen LogP contribution in [0.4, 0.5) is 5.82 Å². The second kappa shape index (κ2) is 5.31. The molecule has 1 heterocycles. The summed E-state index contributed by atoms with van der Waals surface area (Å²) >= 11 is 0. The second-order valence-electron chi connectivity index (χ2n) is 3.28. The van der Waals surface area contributed by atoms with E-state index in [0.29, 0.717) is 17.9 Å². The third-order valence-electron chi connectivity index (χ3n) is 2.18. The molecule has 5 heteroatoms. The van der Waals surface area contributed by atoms with Gasteiger partial charge in [-0.1, -0.05) is 6.92 Å². The highest BCUT2D eigenvalue weighted by atomic mass is 16.1. The molecule has 5 N–H and O–H groups in total. The molecule has 1 unspecified atom stereocenters. The first-order valence-corrected chi connectivity index (χ1v) is 4.89. The number of nitrogens with two attached hydrogens (primary N) is 2. The molecule has 0 radical (unpaired) electrons. The highest BCUT2D eigenvalue weighted by Gasteiger charge is 2.05. The first kappa shape index (κ1) is 11.5. The number of aromatic nitrogens is 1. The van der Waals surface area contributed by atoms with Gasteiger partial charge in [-0.15, -0.1) is 0 Å². The minimum Gasteiger partial charge on any atom is -0.366 e. The van der Waals surface area contributed by atoms with Crippen LogP contribution in [0.1, 0.15) is 23.7 Å². The van der Waals surface area contributed by atoms with Gasteiger partial charge in [-0.25, -0.2) is 4.98 Å². The fraction of sp³-hybridized carbons (Fsp3) is 0.400. The zero-order chi connectivity index (χ0) is 11.3. The van der Waals surface area contributed by atoms with Crippen LogP contribution in [0, 0.1) is 0 Å². The molecule has 0 aromatic carbocycles. The first-order valence-electron chi connectivity index (χ1n) is 4.89. The Hall–Kier alpha value is -1.62. The van der Waals surface area contributed by atoms with Crippen LogP contribution in [0.2, 0.25) is 0 Å². The lowest BCUT2D eigenvalue weighted by Gasteiger charge is -2.14. The normalized spacial score (nSPS) is 12.1. The first-order chi connectivity index (χ1) is 7.17. The largest absolute Gasteiger partial charge is 0.366 e. The van der Waals surface area contributed by atoms with Crippen LogP contribution < -0.4 is 16.8 Å². The van der Waals surface area contributed by atoms with E-state index in [-0.39, 0.29) is 6.04 Å². The number of anilines is 1. The Bertz CT molecular complexity index is 319. The van der Waals surface area contributed by atoms with Crippen molar-refractivity contribution in [3.8, 4) is 0 Å². The summed E-state index contributed by atoms with van der Waals surface area (Å²) in [5.41, 5.74) is 11.0. The van der Waals surface area contributed by atoms with Gasteiger partial charge in [-0.2, -0.15) is 0 Å². The molecule has 0 fully saturated rings. The smallest absolute Gasteiger partial charge is 0.250 e. The van der Waals surface area contributed by atoms with Crippen LogP contribution >= 0.6 is 0 Å². The van der Waals surface area contributed by atoms with Crippen molar-refractivity contribution in [2.75, 3.05) is 11.9 Å². The van der Waals surface area contributed by atoms with Gasteiger partial charge in [0.2, 0.25) is 5.91 Å². The van der Waals surface area contributed by atoms with E-state index in [1.165, 1.54) is 6.20 Å². The summed E-state index contributed by atoms with van der Waals surface area (Å²) in [6.07, 6.45) is 2.38. The summed E-state index contributed by atoms with van der Waals surface area (Å²) < 4.78 is 0. The summed E-state index contributed by atoms with van der Waals surface area (Å²) in [5.74, 6) is 0.234. The number of primary amides is 1. The van der Waals surface area contributed by atoms with Crippen LogP contribution in [-0.4, -0.2) is 23.5 Å². The Morgan fingerprint density at radius 1 is 1.60 bits per heavy atom. The van der Waals surface area contributed by atoms with Gasteiger partial charge in [0.1, 0.15) is 5.82 Å². The van der Waals surface area contributed by atoms with Gasteiger partial charge in [0, 0.05) is 18.8 Å². The summed E-state index contributed by atoms with van der Waals surface area (Å²) in [7, 11) is 0. The number of nitrogens with one attached hydrogen (secondary N) is 1. The topological polar surface area (TPSA) is 94.0 Å². The number of nitrogens with zero attached hydrogens (tertiary/aromatic N) is 1. The van der Waals surface area contributed by atoms with Crippen LogP contribution in [0.15, 0.2) is 18.3 Å². The van der Waals surface area contributed by atoms with Gasteiger partial charge in [-0.3, -0.25) is 4.79 Å². The number of carbonyl (C=O) groups is 1. The number of amides is 1. The number of hydrogen-bond acceptors (Lipinski definition) is 4. The molecule has 0 aliphatic rings. The Kier molecular flexibility index (Phi) is 4.05. The number of pyridine rings is 1. The quantitative estimate of drug-likeness (QED) is 0.650. The van der Waals surface area contributed by atoms with Gasteiger partial charge in [0.05, 0.1) is 5.56 Å². The molecule has 1 amide bonds. The molecule has 1 rings (SSSR count). The summed E-state index contributed by atoms with van der Waals surface area (Å²) in [5, 5.41) is 3.16. The monoisotopic (exact) mass is 208 g/mol. The summed E-state index contributed by atoms with van der Waals surface area (Å²) in [6, 6.07) is 3.57. The lowest BCUT2D eigenvalue weighted by Crippen LogP contribution is -2.28. The zero-order valence-corrected chi connectivity index (χ0v) is 8.73. The number of carbonyl (C=O) groups excluding carboxylic acids is 1. The molecule has 0 aliphatic carbocycles. The molecule has 0 bridgehead atoms. The van der Waals surface area contributed by atoms with E-state index in [9.17, 15) is 4.79 Å². The summed E-state index contributed by atoms with van der Waals surface area (Å²) in [6.45, 7) is 2.60. The van der Waals surface area contributed by atoms with E-state index in [4.69, 9.17) is 11.5 Å². The number of hydrogen-bond donors (Lipinski definition) is 3. The van der Waals surface area contributed by atoms with Gasteiger partial charge in [0.15, 0.2) is 0 Å². The molecule has 82 valence electrons. The standard InChI is InChI=1S/C10H16N4O/c1-2-8(5-11)14-9-4-3-7(6-13-9)10(12)15/h3-4,6,8H,2,5,11H2,1H3,(H2,12,15)(H,13,14). The van der Waals surface area contributed by atoms with Gasteiger partial charge in [0.25, 0.3) is 0 Å². The van der Waals surface area contributed by atoms with Crippen molar-refractivity contribution in [1.29, 1.82) is 0 Å². The van der Waals surface area contributed by atoms with E-state index in [1.54, 1.807) is 12.1 Å². The van der Waals surface area contributed by atoms with Crippen LogP contribution in [-0.2, 0) is 0 Å². The molecule has 0 saturated carbocycles. The maximum atomic E-state index is 10.8. The molecule has 0 spiro atoms. The molecule has 1 atom stereocenters. The zero-order valence-electron chi connectivity index (χ0n) is 8.73. The van der Waals surface area contributed by atoms with E-state index in [0.717, 1.165) is 6.42 Å². The van der Waals surface area contributed by atoms with Crippen molar-refractivity contribution in [3.05, 3.63) is 23.9 Å². The van der Waals surface area contributed by atoms with Crippen LogP contribution in [0.3, 0.4) is 0 Å². The summed E-state index contributed by atoms with van der Waals surface area (Å²) in [4.78, 5) is 14.9. The molecule has 1 aromatic heterocycles. The Balaban J connectivity index is 2.67. The van der Waals surface area contributed by atoms with Crippen molar-refractivity contribution in [2.24, 2.45) is 11.5 Å². The Morgan fingerprint density at radius 2 is 2.33 bits per heavy atom. The van der Waals surface area contributed by atoms with Gasteiger partial charge >= 0.3 is 0 Å². The maximum absolute atomic E-state index is 10.8. The lowest BCUT2D eigenvalue weighted by molar-refractivity contribution is 0.1000. The minimum atomic E-state index is -0.472. The molecular formula is C10H16N4O. The fourth-order valence-corrected chi connectivity index (χ4v) is 1.16. The van der Waals surface area contributed by atoms with Crippen molar-refractivity contribution in [1.82, 2.24) is 4.98 Å². The Labute approximate surface area is 88.9 Å². The van der Waals surface area contributed by atoms with E-state index in [1.807, 2.05) is 6.92 Å². The molecule has 5 nitrogen and oxygen atoms in total. The molecule has 1 aromatic rings. The van der Waals surface area contributed by atoms with Crippen molar-refractivity contribution in [3.63, 3.8) is 0 Å². The molecule has 0 aliphatic heterocycles. The predicted molar refractivity (Wildman–Crippen MR) is 59.5 cm³/mol. The van der Waals surface area contributed by atoms with Crippen molar-refractivity contribution in [2.45, 2.75) is 19.4 Å². The third-order valence-corrected chi connectivity index (χ3v) is 2.18. The molecule has 15 heavy (non-hydrogen) atoms. The van der Waals surface area contributed by atoms with Gasteiger partial charge in [-0.05, 0) is 18.6 Å². The lowest BCUT2D eigenvalue weighted by atomic mass is 10.2. The van der Waals surface area contributed by atoms with E-state index >= 15 is 0 Å². The number of rotatable bonds is 5. The highest BCUT2D eigenvalue weighted by Crippen LogP contribution is 2.07. The van der Waals surface area contributed by atoms with Crippen molar-refractivity contribution < 1.29 is 4.79 Å². The third kappa shape index (κ3) is 3.21. The fourth-order valence-electron chi connectivity index (χ4n) is 1.16.